The van der Waals surface area contributed by atoms with Gasteiger partial charge in [0.1, 0.15) is 6.54 Å². The Morgan fingerprint density at radius 3 is 2.85 bits per heavy atom. The van der Waals surface area contributed by atoms with Crippen LogP contribution in [0.5, 0.6) is 0 Å². The molecule has 0 spiro atoms. The van der Waals surface area contributed by atoms with E-state index in [1.807, 2.05) is 42.7 Å². The molecule has 5 heteroatoms. The highest BCUT2D eigenvalue weighted by Crippen LogP contribution is 2.30. The Bertz CT molecular complexity index is 622. The van der Waals surface area contributed by atoms with Crippen molar-refractivity contribution in [3.8, 4) is 0 Å². The molecule has 108 valence electrons. The van der Waals surface area contributed by atoms with Crippen molar-refractivity contribution >= 4 is 32.7 Å². The number of aliphatic hydroxyl groups excluding tert-OH is 1. The van der Waals surface area contributed by atoms with E-state index in [2.05, 4.69) is 21.2 Å². The van der Waals surface area contributed by atoms with Crippen molar-refractivity contribution in [1.82, 2.24) is 9.88 Å². The third-order valence-corrected chi connectivity index (χ3v) is 4.43. The molecule has 2 rings (SSSR count). The van der Waals surface area contributed by atoms with Gasteiger partial charge in [0.05, 0.1) is 0 Å². The number of carbonyl (C=O) groups excluding carboxylic acids is 1. The average Bonchev–Trinajstić information content (AvgIpc) is 2.65. The summed E-state index contributed by atoms with van der Waals surface area (Å²) >= 11 is 3.58. The second kappa shape index (κ2) is 6.41. The molecule has 1 amide bonds. The quantitative estimate of drug-likeness (QED) is 0.880. The van der Waals surface area contributed by atoms with E-state index in [-0.39, 0.29) is 25.1 Å². The summed E-state index contributed by atoms with van der Waals surface area (Å²) in [4.78, 5) is 12.1. The Hall–Kier alpha value is -1.33. The maximum absolute atomic E-state index is 12.1. The van der Waals surface area contributed by atoms with Crippen LogP contribution in [0.3, 0.4) is 0 Å². The minimum absolute atomic E-state index is 0.0157. The third kappa shape index (κ3) is 3.04. The molecule has 0 aliphatic rings. The molecule has 0 radical (unpaired) electrons. The van der Waals surface area contributed by atoms with Gasteiger partial charge in [0, 0.05) is 33.7 Å². The van der Waals surface area contributed by atoms with Crippen LogP contribution in [-0.4, -0.2) is 28.2 Å². The number of aromatic nitrogens is 1. The highest BCUT2D eigenvalue weighted by molar-refractivity contribution is 9.10. The van der Waals surface area contributed by atoms with Crippen LogP contribution < -0.4 is 5.32 Å². The normalized spacial score (nSPS) is 12.6. The summed E-state index contributed by atoms with van der Waals surface area (Å²) in [5.74, 6) is -0.0395. The van der Waals surface area contributed by atoms with E-state index in [1.54, 1.807) is 0 Å². The first-order valence-electron chi connectivity index (χ1n) is 6.68. The molecule has 0 saturated heterocycles. The van der Waals surface area contributed by atoms with Crippen molar-refractivity contribution in [2.45, 2.75) is 32.9 Å². The number of hydrogen-bond donors (Lipinski definition) is 2. The first-order chi connectivity index (χ1) is 9.54. The number of rotatable bonds is 5. The van der Waals surface area contributed by atoms with Crippen molar-refractivity contribution in [2.24, 2.45) is 0 Å². The lowest BCUT2D eigenvalue weighted by Gasteiger charge is -2.14. The molecule has 1 aromatic carbocycles. The fourth-order valence-corrected chi connectivity index (χ4v) is 2.87. The first-order valence-corrected chi connectivity index (χ1v) is 7.47. The molecule has 1 heterocycles. The molecular formula is C15H19BrN2O2. The summed E-state index contributed by atoms with van der Waals surface area (Å²) in [5, 5.41) is 12.9. The Kier molecular flexibility index (Phi) is 4.83. The molecule has 2 N–H and O–H groups in total. The predicted molar refractivity (Wildman–Crippen MR) is 83.7 cm³/mol. The lowest BCUT2D eigenvalue weighted by atomic mass is 10.2. The Labute approximate surface area is 126 Å². The summed E-state index contributed by atoms with van der Waals surface area (Å²) in [7, 11) is 0. The molecule has 1 unspecified atom stereocenters. The van der Waals surface area contributed by atoms with Gasteiger partial charge in [0.15, 0.2) is 0 Å². The molecule has 0 fully saturated rings. The second-order valence-corrected chi connectivity index (χ2v) is 5.78. The number of carbonyl (C=O) groups is 1. The number of benzene rings is 1. The van der Waals surface area contributed by atoms with Gasteiger partial charge in [-0.3, -0.25) is 4.79 Å². The summed E-state index contributed by atoms with van der Waals surface area (Å²) in [6.45, 7) is 4.26. The zero-order valence-electron chi connectivity index (χ0n) is 11.7. The van der Waals surface area contributed by atoms with Gasteiger partial charge in [-0.1, -0.05) is 18.2 Å². The molecule has 4 nitrogen and oxygen atoms in total. The third-order valence-electron chi connectivity index (χ3n) is 3.43. The Balaban J connectivity index is 2.21. The van der Waals surface area contributed by atoms with Gasteiger partial charge >= 0.3 is 0 Å². The minimum atomic E-state index is -0.0395. The van der Waals surface area contributed by atoms with Gasteiger partial charge in [-0.2, -0.15) is 0 Å². The summed E-state index contributed by atoms with van der Waals surface area (Å²) < 4.78 is 3.03. The number of nitrogens with zero attached hydrogens (tertiary/aromatic N) is 1. The number of hydrogen-bond acceptors (Lipinski definition) is 2. The maximum atomic E-state index is 12.1. The lowest BCUT2D eigenvalue weighted by molar-refractivity contribution is -0.122. The second-order valence-electron chi connectivity index (χ2n) is 4.98. The van der Waals surface area contributed by atoms with E-state index >= 15 is 0 Å². The van der Waals surface area contributed by atoms with Crippen LogP contribution in [0.4, 0.5) is 0 Å². The monoisotopic (exact) mass is 338 g/mol. The number of halogens is 1. The van der Waals surface area contributed by atoms with Gasteiger partial charge in [0.25, 0.3) is 0 Å². The SMILES string of the molecule is Cc1c(Br)c2ccccc2n1CC(=O)NC(C)CCO. The first kappa shape index (κ1) is 15.1. The molecule has 0 saturated carbocycles. The zero-order valence-corrected chi connectivity index (χ0v) is 13.3. The van der Waals surface area contributed by atoms with Crippen LogP contribution >= 0.6 is 15.9 Å². The smallest absolute Gasteiger partial charge is 0.240 e. The summed E-state index contributed by atoms with van der Waals surface area (Å²) in [5.41, 5.74) is 2.08. The van der Waals surface area contributed by atoms with E-state index in [9.17, 15) is 4.79 Å². The molecule has 1 atom stereocenters. The number of nitrogens with one attached hydrogen (secondary N) is 1. The molecule has 2 aromatic rings. The van der Waals surface area contributed by atoms with E-state index < -0.39 is 0 Å². The number of fused-ring (bicyclic) bond motifs is 1. The van der Waals surface area contributed by atoms with Gasteiger partial charge in [0.2, 0.25) is 5.91 Å². The lowest BCUT2D eigenvalue weighted by Crippen LogP contribution is -2.35. The minimum Gasteiger partial charge on any atom is -0.396 e. The molecular weight excluding hydrogens is 320 g/mol. The van der Waals surface area contributed by atoms with Crippen molar-refractivity contribution < 1.29 is 9.90 Å². The number of amides is 1. The number of aliphatic hydroxyl groups is 1. The summed E-state index contributed by atoms with van der Waals surface area (Å²) in [6, 6.07) is 7.99. The molecule has 0 aliphatic heterocycles. The maximum Gasteiger partial charge on any atom is 0.240 e. The largest absolute Gasteiger partial charge is 0.396 e. The van der Waals surface area contributed by atoms with Crippen LogP contribution in [0.15, 0.2) is 28.7 Å². The fraction of sp³-hybridized carbons (Fsp3) is 0.400. The molecule has 1 aromatic heterocycles. The van der Waals surface area contributed by atoms with Crippen molar-refractivity contribution in [3.05, 3.63) is 34.4 Å². The van der Waals surface area contributed by atoms with Gasteiger partial charge in [-0.15, -0.1) is 0 Å². The zero-order chi connectivity index (χ0) is 14.7. The Morgan fingerprint density at radius 2 is 2.15 bits per heavy atom. The average molecular weight is 339 g/mol. The van der Waals surface area contributed by atoms with E-state index in [0.717, 1.165) is 21.1 Å². The van der Waals surface area contributed by atoms with Crippen LogP contribution in [0, 0.1) is 6.92 Å². The summed E-state index contributed by atoms with van der Waals surface area (Å²) in [6.07, 6.45) is 0.570. The van der Waals surface area contributed by atoms with Gasteiger partial charge in [-0.25, -0.2) is 0 Å². The van der Waals surface area contributed by atoms with E-state index in [4.69, 9.17) is 5.11 Å². The van der Waals surface area contributed by atoms with Gasteiger partial charge < -0.3 is 15.0 Å². The van der Waals surface area contributed by atoms with Crippen LogP contribution in [0.2, 0.25) is 0 Å². The van der Waals surface area contributed by atoms with Crippen LogP contribution in [0.25, 0.3) is 10.9 Å². The molecule has 0 aliphatic carbocycles. The Morgan fingerprint density at radius 1 is 1.45 bits per heavy atom. The highest BCUT2D eigenvalue weighted by atomic mass is 79.9. The van der Waals surface area contributed by atoms with Crippen molar-refractivity contribution in [1.29, 1.82) is 0 Å². The molecule has 0 bridgehead atoms. The highest BCUT2D eigenvalue weighted by Gasteiger charge is 2.14. The topological polar surface area (TPSA) is 54.3 Å². The van der Waals surface area contributed by atoms with Crippen molar-refractivity contribution in [2.75, 3.05) is 6.61 Å². The van der Waals surface area contributed by atoms with E-state index in [0.29, 0.717) is 6.42 Å². The van der Waals surface area contributed by atoms with Crippen LogP contribution in [-0.2, 0) is 11.3 Å². The van der Waals surface area contributed by atoms with E-state index in [1.165, 1.54) is 0 Å². The van der Waals surface area contributed by atoms with Crippen molar-refractivity contribution in [3.63, 3.8) is 0 Å². The predicted octanol–water partition coefficient (Wildman–Crippen LogP) is 2.60. The number of para-hydroxylation sites is 1. The van der Waals surface area contributed by atoms with Gasteiger partial charge in [-0.05, 0) is 42.3 Å². The molecule has 20 heavy (non-hydrogen) atoms. The van der Waals surface area contributed by atoms with Crippen LogP contribution in [0.1, 0.15) is 19.0 Å². The standard InChI is InChI=1S/C15H19BrN2O2/c1-10(7-8-19)17-14(20)9-18-11(2)15(16)12-5-3-4-6-13(12)18/h3-6,10,19H,7-9H2,1-2H3,(H,17,20). The fourth-order valence-electron chi connectivity index (χ4n) is 2.32.